The summed E-state index contributed by atoms with van der Waals surface area (Å²) >= 11 is 7.71. The minimum atomic E-state index is -0.724. The molecule has 7 nitrogen and oxygen atoms in total. The first-order chi connectivity index (χ1) is 12.0. The molecule has 0 unspecified atom stereocenters. The van der Waals surface area contributed by atoms with Crippen molar-refractivity contribution in [2.45, 2.75) is 0 Å². The van der Waals surface area contributed by atoms with Gasteiger partial charge in [-0.05, 0) is 46.9 Å². The fraction of sp³-hybridized carbons (Fsp3) is 0.125. The van der Waals surface area contributed by atoms with Crippen molar-refractivity contribution in [1.29, 1.82) is 0 Å². The number of amides is 2. The topological polar surface area (TPSA) is 97.4 Å². The molecular formula is C16H13ClIN3O4. The molecule has 0 spiro atoms. The van der Waals surface area contributed by atoms with Gasteiger partial charge in [0.25, 0.3) is 11.8 Å². The van der Waals surface area contributed by atoms with Gasteiger partial charge in [0, 0.05) is 9.77 Å². The summed E-state index contributed by atoms with van der Waals surface area (Å²) in [6, 6.07) is 10.0. The van der Waals surface area contributed by atoms with Crippen molar-refractivity contribution in [3.8, 4) is 0 Å². The lowest BCUT2D eigenvalue weighted by Crippen LogP contribution is -2.32. The third kappa shape index (κ3) is 6.31. The predicted molar refractivity (Wildman–Crippen MR) is 100 cm³/mol. The van der Waals surface area contributed by atoms with Gasteiger partial charge in [-0.1, -0.05) is 23.7 Å². The summed E-state index contributed by atoms with van der Waals surface area (Å²) in [5.41, 5.74) is 0.461. The second-order valence-electron chi connectivity index (χ2n) is 4.73. The van der Waals surface area contributed by atoms with E-state index in [1.165, 1.54) is 12.3 Å². The lowest BCUT2D eigenvalue weighted by atomic mass is 10.2. The van der Waals surface area contributed by atoms with E-state index in [0.29, 0.717) is 10.6 Å². The minimum Gasteiger partial charge on any atom is -0.454 e. The molecule has 2 aromatic rings. The van der Waals surface area contributed by atoms with Gasteiger partial charge in [0.15, 0.2) is 6.61 Å². The molecule has 1 heterocycles. The van der Waals surface area contributed by atoms with Crippen LogP contribution in [-0.4, -0.2) is 35.9 Å². The number of pyridine rings is 1. The van der Waals surface area contributed by atoms with Crippen LogP contribution in [0.4, 0.5) is 5.82 Å². The van der Waals surface area contributed by atoms with Crippen molar-refractivity contribution in [2.75, 3.05) is 18.5 Å². The maximum absolute atomic E-state index is 12.0. The van der Waals surface area contributed by atoms with E-state index in [2.05, 4.69) is 15.6 Å². The van der Waals surface area contributed by atoms with E-state index in [-0.39, 0.29) is 12.4 Å². The highest BCUT2D eigenvalue weighted by Gasteiger charge is 2.12. The number of rotatable bonds is 6. The number of ether oxygens (including phenoxy) is 1. The lowest BCUT2D eigenvalue weighted by molar-refractivity contribution is -0.146. The third-order valence-electron chi connectivity index (χ3n) is 2.87. The molecular weight excluding hydrogens is 461 g/mol. The minimum absolute atomic E-state index is 0.289. The first-order valence-corrected chi connectivity index (χ1v) is 8.51. The Morgan fingerprint density at radius 1 is 1.16 bits per heavy atom. The highest BCUT2D eigenvalue weighted by molar-refractivity contribution is 14.1. The lowest BCUT2D eigenvalue weighted by Gasteiger charge is -2.08. The quantitative estimate of drug-likeness (QED) is 0.495. The standard InChI is InChI=1S/C16H13ClIN3O4/c17-10-5-6-13(19-7-10)21-14(22)9-25-15(23)8-20-16(24)11-3-1-2-4-12(11)18/h1-7H,8-9H2,(H,20,24)(H,19,21,22). The third-order valence-corrected chi connectivity index (χ3v) is 4.04. The molecule has 2 N–H and O–H groups in total. The molecule has 2 rings (SSSR count). The van der Waals surface area contributed by atoms with Crippen LogP contribution in [0.2, 0.25) is 5.02 Å². The number of hydrogen-bond acceptors (Lipinski definition) is 5. The Balaban J connectivity index is 1.73. The zero-order valence-corrected chi connectivity index (χ0v) is 15.7. The van der Waals surface area contributed by atoms with E-state index in [1.54, 1.807) is 30.3 Å². The number of aromatic nitrogens is 1. The van der Waals surface area contributed by atoms with Gasteiger partial charge in [0.1, 0.15) is 12.4 Å². The Bertz CT molecular complexity index is 783. The number of nitrogens with zero attached hydrogens (tertiary/aromatic N) is 1. The molecule has 0 aliphatic carbocycles. The number of hydrogen-bond donors (Lipinski definition) is 2. The summed E-state index contributed by atoms with van der Waals surface area (Å²) in [6.45, 7) is -0.821. The van der Waals surface area contributed by atoms with Crippen LogP contribution >= 0.6 is 34.2 Å². The van der Waals surface area contributed by atoms with Crippen LogP contribution < -0.4 is 10.6 Å². The van der Waals surface area contributed by atoms with Crippen LogP contribution in [0.3, 0.4) is 0 Å². The molecule has 2 amide bonds. The van der Waals surface area contributed by atoms with Gasteiger partial charge in [-0.25, -0.2) is 4.98 Å². The van der Waals surface area contributed by atoms with Gasteiger partial charge < -0.3 is 15.4 Å². The van der Waals surface area contributed by atoms with E-state index in [4.69, 9.17) is 16.3 Å². The monoisotopic (exact) mass is 473 g/mol. The zero-order chi connectivity index (χ0) is 18.2. The van der Waals surface area contributed by atoms with Crippen LogP contribution in [0.5, 0.6) is 0 Å². The SMILES string of the molecule is O=C(COC(=O)CNC(=O)c1ccccc1I)Nc1ccc(Cl)cn1. The molecule has 0 aliphatic rings. The van der Waals surface area contributed by atoms with Crippen molar-refractivity contribution in [3.63, 3.8) is 0 Å². The van der Waals surface area contributed by atoms with Gasteiger partial charge >= 0.3 is 5.97 Å². The average Bonchev–Trinajstić information content (AvgIpc) is 2.60. The van der Waals surface area contributed by atoms with Crippen LogP contribution in [0.1, 0.15) is 10.4 Å². The molecule has 9 heteroatoms. The van der Waals surface area contributed by atoms with Crippen molar-refractivity contribution >= 4 is 57.8 Å². The van der Waals surface area contributed by atoms with Crippen molar-refractivity contribution < 1.29 is 19.1 Å². The summed E-state index contributed by atoms with van der Waals surface area (Å²) < 4.78 is 5.56. The van der Waals surface area contributed by atoms with Crippen LogP contribution in [-0.2, 0) is 14.3 Å². The maximum Gasteiger partial charge on any atom is 0.325 e. The Kier molecular flexibility index (Phi) is 7.14. The van der Waals surface area contributed by atoms with Gasteiger partial charge in [-0.3, -0.25) is 14.4 Å². The second kappa shape index (κ2) is 9.33. The first-order valence-electron chi connectivity index (χ1n) is 7.05. The summed E-state index contributed by atoms with van der Waals surface area (Å²) in [6.07, 6.45) is 1.38. The normalized spacial score (nSPS) is 10.0. The van der Waals surface area contributed by atoms with E-state index in [9.17, 15) is 14.4 Å². The second-order valence-corrected chi connectivity index (χ2v) is 6.33. The Hall–Kier alpha value is -2.20. The van der Waals surface area contributed by atoms with Gasteiger partial charge in [0.05, 0.1) is 10.6 Å². The molecule has 1 aromatic heterocycles. The predicted octanol–water partition coefficient (Wildman–Crippen LogP) is 2.25. The Morgan fingerprint density at radius 2 is 1.92 bits per heavy atom. The van der Waals surface area contributed by atoms with E-state index < -0.39 is 24.4 Å². The smallest absolute Gasteiger partial charge is 0.325 e. The number of benzene rings is 1. The number of carbonyl (C=O) groups is 3. The molecule has 0 radical (unpaired) electrons. The number of anilines is 1. The van der Waals surface area contributed by atoms with Crippen molar-refractivity contribution in [2.24, 2.45) is 0 Å². The zero-order valence-electron chi connectivity index (χ0n) is 12.8. The fourth-order valence-electron chi connectivity index (χ4n) is 1.72. The van der Waals surface area contributed by atoms with Crippen LogP contribution in [0.25, 0.3) is 0 Å². The van der Waals surface area contributed by atoms with Gasteiger partial charge in [0.2, 0.25) is 0 Å². The van der Waals surface area contributed by atoms with Crippen LogP contribution in [0.15, 0.2) is 42.6 Å². The largest absolute Gasteiger partial charge is 0.454 e. The highest BCUT2D eigenvalue weighted by Crippen LogP contribution is 2.11. The Labute approximate surface area is 162 Å². The number of nitrogens with one attached hydrogen (secondary N) is 2. The molecule has 0 saturated carbocycles. The van der Waals surface area contributed by atoms with Gasteiger partial charge in [-0.2, -0.15) is 0 Å². The molecule has 25 heavy (non-hydrogen) atoms. The molecule has 0 bridgehead atoms. The van der Waals surface area contributed by atoms with Crippen molar-refractivity contribution in [1.82, 2.24) is 10.3 Å². The van der Waals surface area contributed by atoms with Gasteiger partial charge in [-0.15, -0.1) is 0 Å². The summed E-state index contributed by atoms with van der Waals surface area (Å²) in [5, 5.41) is 5.33. The Morgan fingerprint density at radius 3 is 2.60 bits per heavy atom. The molecule has 0 atom stereocenters. The van der Waals surface area contributed by atoms with Crippen LogP contribution in [0, 0.1) is 3.57 Å². The molecule has 0 fully saturated rings. The molecule has 1 aromatic carbocycles. The number of esters is 1. The number of carbonyl (C=O) groups excluding carboxylic acids is 3. The summed E-state index contributed by atoms with van der Waals surface area (Å²) in [7, 11) is 0. The average molecular weight is 474 g/mol. The van der Waals surface area contributed by atoms with E-state index in [1.807, 2.05) is 22.6 Å². The maximum atomic E-state index is 12.0. The summed E-state index contributed by atoms with van der Waals surface area (Å²) in [4.78, 5) is 39.1. The molecule has 130 valence electrons. The summed E-state index contributed by atoms with van der Waals surface area (Å²) in [5.74, 6) is -1.38. The number of halogens is 2. The first kappa shape index (κ1) is 19.1. The van der Waals surface area contributed by atoms with E-state index in [0.717, 1.165) is 3.57 Å². The molecule has 0 aliphatic heterocycles. The van der Waals surface area contributed by atoms with E-state index >= 15 is 0 Å². The fourth-order valence-corrected chi connectivity index (χ4v) is 2.46. The molecule has 0 saturated heterocycles. The highest BCUT2D eigenvalue weighted by atomic mass is 127. The van der Waals surface area contributed by atoms with Crippen molar-refractivity contribution in [3.05, 3.63) is 56.8 Å².